The van der Waals surface area contributed by atoms with Crippen molar-refractivity contribution < 1.29 is 18.6 Å². The minimum atomic E-state index is -3.32. The van der Waals surface area contributed by atoms with Crippen molar-refractivity contribution in [1.29, 1.82) is 0 Å². The zero-order chi connectivity index (χ0) is 12.9. The van der Waals surface area contributed by atoms with Crippen molar-refractivity contribution >= 4 is 15.5 Å². The second-order valence-corrected chi connectivity index (χ2v) is 5.66. The van der Waals surface area contributed by atoms with Gasteiger partial charge < -0.3 is 15.1 Å². The molecule has 0 aliphatic heterocycles. The smallest absolute Gasteiger partial charge is 0.177 e. The van der Waals surface area contributed by atoms with Crippen LogP contribution >= 0.6 is 0 Å². The molecule has 17 heavy (non-hydrogen) atoms. The van der Waals surface area contributed by atoms with E-state index in [2.05, 4.69) is 0 Å². The Morgan fingerprint density at radius 2 is 1.65 bits per heavy atom. The van der Waals surface area contributed by atoms with E-state index in [0.717, 1.165) is 6.26 Å². The lowest BCUT2D eigenvalue weighted by atomic mass is 10.3. The Morgan fingerprint density at radius 3 is 2.12 bits per heavy atom. The molecule has 0 amide bonds. The number of nitrogens with zero attached hydrogens (tertiary/aromatic N) is 1. The van der Waals surface area contributed by atoms with Gasteiger partial charge in [0, 0.05) is 19.3 Å². The molecule has 0 aliphatic carbocycles. The zero-order valence-electron chi connectivity index (χ0n) is 9.70. The minimum absolute atomic E-state index is 0.0991. The highest BCUT2D eigenvalue weighted by Crippen LogP contribution is 2.24. The first-order chi connectivity index (χ1) is 8.00. The number of aliphatic hydroxyl groups is 2. The highest BCUT2D eigenvalue weighted by atomic mass is 32.2. The first-order valence-corrected chi connectivity index (χ1v) is 7.15. The fraction of sp³-hybridized carbons (Fsp3) is 0.455. The highest BCUT2D eigenvalue weighted by molar-refractivity contribution is 7.90. The van der Waals surface area contributed by atoms with E-state index in [0.29, 0.717) is 5.69 Å². The molecule has 1 aromatic carbocycles. The van der Waals surface area contributed by atoms with Crippen molar-refractivity contribution in [1.82, 2.24) is 0 Å². The van der Waals surface area contributed by atoms with Crippen LogP contribution in [0.15, 0.2) is 29.2 Å². The highest BCUT2D eigenvalue weighted by Gasteiger charge is 2.16. The molecular weight excluding hydrogens is 242 g/mol. The van der Waals surface area contributed by atoms with Gasteiger partial charge in [-0.3, -0.25) is 0 Å². The fourth-order valence-corrected chi connectivity index (χ4v) is 2.53. The molecule has 0 atom stereocenters. The van der Waals surface area contributed by atoms with Crippen LogP contribution in [-0.2, 0) is 9.84 Å². The van der Waals surface area contributed by atoms with E-state index >= 15 is 0 Å². The van der Waals surface area contributed by atoms with E-state index in [1.54, 1.807) is 23.1 Å². The van der Waals surface area contributed by atoms with Crippen LogP contribution in [0.25, 0.3) is 0 Å². The largest absolute Gasteiger partial charge is 0.395 e. The molecule has 0 fully saturated rings. The molecule has 6 heteroatoms. The van der Waals surface area contributed by atoms with Crippen molar-refractivity contribution in [3.63, 3.8) is 0 Å². The second-order valence-electron chi connectivity index (χ2n) is 3.67. The van der Waals surface area contributed by atoms with Gasteiger partial charge in [-0.15, -0.1) is 0 Å². The summed E-state index contributed by atoms with van der Waals surface area (Å²) in [6.07, 6.45) is 1.14. The molecule has 0 saturated heterocycles. The van der Waals surface area contributed by atoms with E-state index in [4.69, 9.17) is 10.2 Å². The molecule has 0 heterocycles. The van der Waals surface area contributed by atoms with Gasteiger partial charge in [0.05, 0.1) is 23.8 Å². The van der Waals surface area contributed by atoms with Crippen LogP contribution in [0.1, 0.15) is 0 Å². The van der Waals surface area contributed by atoms with Gasteiger partial charge in [0.25, 0.3) is 0 Å². The third-order valence-corrected chi connectivity index (χ3v) is 3.49. The van der Waals surface area contributed by atoms with Crippen molar-refractivity contribution in [3.05, 3.63) is 24.3 Å². The number of hydrogen-bond acceptors (Lipinski definition) is 5. The van der Waals surface area contributed by atoms with Crippen molar-refractivity contribution in [2.45, 2.75) is 4.90 Å². The average molecular weight is 259 g/mol. The Hall–Kier alpha value is -1.11. The number of hydrogen-bond donors (Lipinski definition) is 2. The van der Waals surface area contributed by atoms with Crippen LogP contribution in [0, 0.1) is 0 Å². The number of benzene rings is 1. The molecule has 0 radical (unpaired) electrons. The maximum Gasteiger partial charge on any atom is 0.177 e. The third-order valence-electron chi connectivity index (χ3n) is 2.35. The lowest BCUT2D eigenvalue weighted by Gasteiger charge is -2.24. The Morgan fingerprint density at radius 1 is 1.12 bits per heavy atom. The van der Waals surface area contributed by atoms with Crippen molar-refractivity contribution in [2.75, 3.05) is 37.5 Å². The van der Waals surface area contributed by atoms with Crippen LogP contribution in [0.2, 0.25) is 0 Å². The monoisotopic (exact) mass is 259 g/mol. The Kier molecular flexibility index (Phi) is 4.92. The molecule has 1 rings (SSSR count). The van der Waals surface area contributed by atoms with Crippen LogP contribution in [-0.4, -0.2) is 51.2 Å². The molecule has 0 saturated carbocycles. The van der Waals surface area contributed by atoms with Crippen molar-refractivity contribution in [3.8, 4) is 0 Å². The Labute approximate surface area is 101 Å². The van der Waals surface area contributed by atoms with Gasteiger partial charge in [-0.1, -0.05) is 12.1 Å². The summed E-state index contributed by atoms with van der Waals surface area (Å²) in [5.41, 5.74) is 0.512. The van der Waals surface area contributed by atoms with Crippen LogP contribution in [0.3, 0.4) is 0 Å². The number of para-hydroxylation sites is 1. The first-order valence-electron chi connectivity index (χ1n) is 5.26. The lowest BCUT2D eigenvalue weighted by molar-refractivity contribution is 0.281. The second kappa shape index (κ2) is 6.00. The summed E-state index contributed by atoms with van der Waals surface area (Å²) in [6, 6.07) is 6.57. The van der Waals surface area contributed by atoms with E-state index in [9.17, 15) is 8.42 Å². The van der Waals surface area contributed by atoms with Gasteiger partial charge >= 0.3 is 0 Å². The van der Waals surface area contributed by atoms with Gasteiger partial charge in [0.2, 0.25) is 0 Å². The molecule has 0 spiro atoms. The molecule has 2 N–H and O–H groups in total. The van der Waals surface area contributed by atoms with Gasteiger partial charge in [0.1, 0.15) is 0 Å². The summed E-state index contributed by atoms with van der Waals surface area (Å²) in [5, 5.41) is 17.9. The maximum atomic E-state index is 11.6. The SMILES string of the molecule is CS(=O)(=O)c1ccccc1N(CCO)CCO. The minimum Gasteiger partial charge on any atom is -0.395 e. The summed E-state index contributed by atoms with van der Waals surface area (Å²) in [5.74, 6) is 0. The third kappa shape index (κ3) is 3.69. The first kappa shape index (κ1) is 14.0. The summed E-state index contributed by atoms with van der Waals surface area (Å²) < 4.78 is 23.2. The predicted octanol–water partition coefficient (Wildman–Crippen LogP) is -0.119. The summed E-state index contributed by atoms with van der Waals surface area (Å²) in [6.45, 7) is 0.371. The molecule has 96 valence electrons. The van der Waals surface area contributed by atoms with E-state index in [1.807, 2.05) is 0 Å². The molecule has 0 aromatic heterocycles. The lowest BCUT2D eigenvalue weighted by Crippen LogP contribution is -2.30. The van der Waals surface area contributed by atoms with Gasteiger partial charge in [-0.25, -0.2) is 8.42 Å². The van der Waals surface area contributed by atoms with E-state index in [-0.39, 0.29) is 31.2 Å². The van der Waals surface area contributed by atoms with E-state index in [1.165, 1.54) is 6.07 Å². The van der Waals surface area contributed by atoms with Crippen LogP contribution in [0.4, 0.5) is 5.69 Å². The van der Waals surface area contributed by atoms with Gasteiger partial charge in [-0.05, 0) is 12.1 Å². The molecular formula is C11H17NO4S. The topological polar surface area (TPSA) is 77.8 Å². The number of sulfone groups is 1. The number of anilines is 1. The average Bonchev–Trinajstić information content (AvgIpc) is 2.28. The van der Waals surface area contributed by atoms with E-state index < -0.39 is 9.84 Å². The molecule has 0 bridgehead atoms. The van der Waals surface area contributed by atoms with Crippen molar-refractivity contribution in [2.24, 2.45) is 0 Å². The standard InChI is InChI=1S/C11H17NO4S/c1-17(15,16)11-5-3-2-4-10(11)12(6-8-13)7-9-14/h2-5,13-14H,6-9H2,1H3. The Bertz CT molecular complexity index is 452. The predicted molar refractivity (Wildman–Crippen MR) is 65.9 cm³/mol. The molecule has 0 unspecified atom stereocenters. The quantitative estimate of drug-likeness (QED) is 0.745. The molecule has 0 aliphatic rings. The zero-order valence-corrected chi connectivity index (χ0v) is 10.5. The summed E-state index contributed by atoms with van der Waals surface area (Å²) in [7, 11) is -3.32. The summed E-state index contributed by atoms with van der Waals surface area (Å²) in [4.78, 5) is 1.86. The normalized spacial score (nSPS) is 11.5. The Balaban J connectivity index is 3.18. The fourth-order valence-electron chi connectivity index (χ4n) is 1.63. The van der Waals surface area contributed by atoms with Crippen LogP contribution in [0.5, 0.6) is 0 Å². The van der Waals surface area contributed by atoms with Crippen LogP contribution < -0.4 is 4.90 Å². The summed E-state index contributed by atoms with van der Waals surface area (Å²) >= 11 is 0. The molecule has 5 nitrogen and oxygen atoms in total. The number of rotatable bonds is 6. The maximum absolute atomic E-state index is 11.6. The molecule has 1 aromatic rings. The van der Waals surface area contributed by atoms with Gasteiger partial charge in [-0.2, -0.15) is 0 Å². The number of aliphatic hydroxyl groups excluding tert-OH is 2. The van der Waals surface area contributed by atoms with Gasteiger partial charge in [0.15, 0.2) is 9.84 Å².